The molecule has 2 heterocycles. The first kappa shape index (κ1) is 17.5. The molecule has 0 aliphatic rings. The lowest BCUT2D eigenvalue weighted by Crippen LogP contribution is -2.05. The molecule has 0 fully saturated rings. The molecule has 0 bridgehead atoms. The van der Waals surface area contributed by atoms with Crippen LogP contribution in [-0.4, -0.2) is 19.8 Å². The number of alkyl halides is 3. The van der Waals surface area contributed by atoms with Gasteiger partial charge in [0, 0.05) is 5.56 Å². The minimum Gasteiger partial charge on any atom is -0.483 e. The Hall–Kier alpha value is -2.94. The van der Waals surface area contributed by atoms with Crippen molar-refractivity contribution >= 4 is 16.3 Å². The number of fused-ring (bicyclic) bond motifs is 1. The van der Waals surface area contributed by atoms with Gasteiger partial charge in [0.2, 0.25) is 4.96 Å². The zero-order chi connectivity index (χ0) is 19.0. The number of rotatable bonds is 4. The largest absolute Gasteiger partial charge is 0.483 e. The molecular weight excluding hydrogens is 377 g/mol. The smallest absolute Gasteiger partial charge is 0.416 e. The second-order valence-electron chi connectivity index (χ2n) is 5.81. The third kappa shape index (κ3) is 3.50. The van der Waals surface area contributed by atoms with Gasteiger partial charge < -0.3 is 4.74 Å². The summed E-state index contributed by atoms with van der Waals surface area (Å²) in [6, 6.07) is 14.1. The normalized spacial score (nSPS) is 13.0. The van der Waals surface area contributed by atoms with E-state index in [4.69, 9.17) is 4.74 Å². The van der Waals surface area contributed by atoms with Crippen LogP contribution in [0.15, 0.2) is 54.6 Å². The van der Waals surface area contributed by atoms with E-state index in [1.165, 1.54) is 28.0 Å². The van der Waals surface area contributed by atoms with Gasteiger partial charge in [-0.3, -0.25) is 0 Å². The Bertz CT molecular complexity index is 1060. The number of benzene rings is 2. The van der Waals surface area contributed by atoms with E-state index in [-0.39, 0.29) is 6.10 Å². The quantitative estimate of drug-likeness (QED) is 0.491. The Morgan fingerprint density at radius 3 is 2.37 bits per heavy atom. The standard InChI is InChI=1S/C18H13F3N4OS/c1-11(26-14-5-3-2-4-6-14)16-24-25-15(22-23-17(25)27-16)12-7-9-13(10-8-12)18(19,20)21/h2-11H,1H3/t11-/m1/s1. The van der Waals surface area contributed by atoms with Crippen molar-refractivity contribution < 1.29 is 17.9 Å². The molecule has 9 heteroatoms. The van der Waals surface area contributed by atoms with Crippen LogP contribution in [0.5, 0.6) is 5.75 Å². The van der Waals surface area contributed by atoms with E-state index in [1.54, 1.807) is 0 Å². The average Bonchev–Trinajstić information content (AvgIpc) is 3.22. The molecule has 0 saturated heterocycles. The number of hydrogen-bond donors (Lipinski definition) is 0. The molecule has 0 amide bonds. The van der Waals surface area contributed by atoms with Gasteiger partial charge in [-0.05, 0) is 31.2 Å². The number of para-hydroxylation sites is 1. The minimum absolute atomic E-state index is 0.306. The van der Waals surface area contributed by atoms with Crippen LogP contribution in [-0.2, 0) is 6.18 Å². The van der Waals surface area contributed by atoms with E-state index < -0.39 is 11.7 Å². The van der Waals surface area contributed by atoms with Crippen molar-refractivity contribution in [3.8, 4) is 17.1 Å². The SMILES string of the molecule is C[C@@H](Oc1ccccc1)c1nn2c(-c3ccc(C(F)(F)F)cc3)nnc2s1. The topological polar surface area (TPSA) is 52.3 Å². The van der Waals surface area contributed by atoms with Gasteiger partial charge in [0.05, 0.1) is 5.56 Å². The molecule has 2 aromatic heterocycles. The average molecular weight is 390 g/mol. The van der Waals surface area contributed by atoms with Crippen LogP contribution in [0.1, 0.15) is 23.6 Å². The first-order valence-electron chi connectivity index (χ1n) is 8.03. The summed E-state index contributed by atoms with van der Waals surface area (Å²) >= 11 is 1.32. The number of ether oxygens (including phenoxy) is 1. The Balaban J connectivity index is 1.62. The van der Waals surface area contributed by atoms with Crippen molar-refractivity contribution in [2.24, 2.45) is 0 Å². The van der Waals surface area contributed by atoms with Crippen molar-refractivity contribution in [1.82, 2.24) is 19.8 Å². The molecule has 5 nitrogen and oxygen atoms in total. The molecule has 0 saturated carbocycles. The van der Waals surface area contributed by atoms with Crippen LogP contribution < -0.4 is 4.74 Å². The van der Waals surface area contributed by atoms with Gasteiger partial charge in [-0.2, -0.15) is 22.8 Å². The highest BCUT2D eigenvalue weighted by Gasteiger charge is 2.30. The number of hydrogen-bond acceptors (Lipinski definition) is 5. The van der Waals surface area contributed by atoms with Crippen LogP contribution in [0.4, 0.5) is 13.2 Å². The summed E-state index contributed by atoms with van der Waals surface area (Å²) in [6.07, 6.45) is -4.68. The van der Waals surface area contributed by atoms with E-state index in [2.05, 4.69) is 15.3 Å². The molecule has 27 heavy (non-hydrogen) atoms. The maximum Gasteiger partial charge on any atom is 0.416 e. The zero-order valence-corrected chi connectivity index (χ0v) is 14.8. The Morgan fingerprint density at radius 2 is 1.70 bits per heavy atom. The predicted molar refractivity (Wildman–Crippen MR) is 94.6 cm³/mol. The number of nitrogens with zero attached hydrogens (tertiary/aromatic N) is 4. The van der Waals surface area contributed by atoms with Crippen LogP contribution in [0.2, 0.25) is 0 Å². The van der Waals surface area contributed by atoms with Crippen LogP contribution in [0, 0.1) is 0 Å². The molecule has 0 N–H and O–H groups in total. The predicted octanol–water partition coefficient (Wildman–Crippen LogP) is 5.01. The molecule has 1 atom stereocenters. The minimum atomic E-state index is -4.38. The highest BCUT2D eigenvalue weighted by atomic mass is 32.1. The summed E-state index contributed by atoms with van der Waals surface area (Å²) in [5.74, 6) is 1.10. The fourth-order valence-electron chi connectivity index (χ4n) is 2.54. The van der Waals surface area contributed by atoms with E-state index in [9.17, 15) is 13.2 Å². The van der Waals surface area contributed by atoms with E-state index >= 15 is 0 Å². The lowest BCUT2D eigenvalue weighted by molar-refractivity contribution is -0.137. The summed E-state index contributed by atoms with van der Waals surface area (Å²) in [5, 5.41) is 13.3. The van der Waals surface area contributed by atoms with Gasteiger partial charge in [0.25, 0.3) is 0 Å². The van der Waals surface area contributed by atoms with Crippen molar-refractivity contribution in [2.75, 3.05) is 0 Å². The summed E-state index contributed by atoms with van der Waals surface area (Å²) in [4.78, 5) is 0.545. The third-order valence-corrected chi connectivity index (χ3v) is 4.94. The van der Waals surface area contributed by atoms with Crippen molar-refractivity contribution in [1.29, 1.82) is 0 Å². The monoisotopic (exact) mass is 390 g/mol. The van der Waals surface area contributed by atoms with Crippen molar-refractivity contribution in [3.63, 3.8) is 0 Å². The third-order valence-electron chi connectivity index (χ3n) is 3.88. The van der Waals surface area contributed by atoms with Gasteiger partial charge in [-0.15, -0.1) is 10.2 Å². The Labute approximate surface area is 156 Å². The Kier molecular flexibility index (Phi) is 4.31. The van der Waals surface area contributed by atoms with E-state index in [0.717, 1.165) is 17.9 Å². The fourth-order valence-corrected chi connectivity index (χ4v) is 3.36. The molecule has 2 aromatic carbocycles. The fraction of sp³-hybridized carbons (Fsp3) is 0.167. The molecule has 4 rings (SSSR count). The van der Waals surface area contributed by atoms with Gasteiger partial charge in [0.15, 0.2) is 10.8 Å². The summed E-state index contributed by atoms with van der Waals surface area (Å²) in [7, 11) is 0. The van der Waals surface area contributed by atoms with Crippen molar-refractivity contribution in [2.45, 2.75) is 19.2 Å². The molecule has 0 spiro atoms. The first-order valence-corrected chi connectivity index (χ1v) is 8.85. The van der Waals surface area contributed by atoms with Gasteiger partial charge in [-0.1, -0.05) is 41.7 Å². The molecule has 0 unspecified atom stereocenters. The highest BCUT2D eigenvalue weighted by Crippen LogP contribution is 2.31. The number of aromatic nitrogens is 4. The van der Waals surface area contributed by atoms with Crippen LogP contribution in [0.25, 0.3) is 16.3 Å². The lowest BCUT2D eigenvalue weighted by Gasteiger charge is -2.11. The number of halogens is 3. The molecule has 138 valence electrons. The van der Waals surface area contributed by atoms with Crippen LogP contribution >= 0.6 is 11.3 Å². The maximum absolute atomic E-state index is 12.7. The zero-order valence-electron chi connectivity index (χ0n) is 14.0. The van der Waals surface area contributed by atoms with Gasteiger partial charge >= 0.3 is 6.18 Å². The van der Waals surface area contributed by atoms with Gasteiger partial charge in [0.1, 0.15) is 11.9 Å². The first-order chi connectivity index (χ1) is 12.9. The highest BCUT2D eigenvalue weighted by molar-refractivity contribution is 7.16. The Morgan fingerprint density at radius 1 is 1.00 bits per heavy atom. The molecule has 0 radical (unpaired) electrons. The second kappa shape index (κ2) is 6.66. The summed E-state index contributed by atoms with van der Waals surface area (Å²) in [5.41, 5.74) is -0.208. The molecule has 0 aliphatic heterocycles. The molecule has 4 aromatic rings. The van der Waals surface area contributed by atoms with E-state index in [1.807, 2.05) is 37.3 Å². The lowest BCUT2D eigenvalue weighted by atomic mass is 10.1. The second-order valence-corrected chi connectivity index (χ2v) is 6.79. The van der Waals surface area contributed by atoms with Crippen molar-refractivity contribution in [3.05, 3.63) is 65.2 Å². The summed E-state index contributed by atoms with van der Waals surface area (Å²) < 4.78 is 45.6. The summed E-state index contributed by atoms with van der Waals surface area (Å²) in [6.45, 7) is 1.87. The van der Waals surface area contributed by atoms with Crippen LogP contribution in [0.3, 0.4) is 0 Å². The molecule has 0 aliphatic carbocycles. The van der Waals surface area contributed by atoms with E-state index in [0.29, 0.717) is 21.4 Å². The molecular formula is C18H13F3N4OS. The van der Waals surface area contributed by atoms with Gasteiger partial charge in [-0.25, -0.2) is 0 Å². The maximum atomic E-state index is 12.7.